The van der Waals surface area contributed by atoms with E-state index in [1.807, 2.05) is 27.7 Å². The second-order valence-corrected chi connectivity index (χ2v) is 16.0. The van der Waals surface area contributed by atoms with Crippen LogP contribution >= 0.6 is 0 Å². The van der Waals surface area contributed by atoms with Crippen LogP contribution in [0.15, 0.2) is 34.1 Å². The number of carbonyl (C=O) groups excluding carboxylic acids is 4. The van der Waals surface area contributed by atoms with E-state index < -0.39 is 102 Å². The smallest absolute Gasteiger partial charge is 0.463 e. The van der Waals surface area contributed by atoms with Crippen molar-refractivity contribution in [1.29, 1.82) is 0 Å². The molecule has 0 saturated carbocycles. The largest absolute Gasteiger partial charge is 0.508 e. The number of hydrogen-bond acceptors (Lipinski definition) is 18. The van der Waals surface area contributed by atoms with Crippen molar-refractivity contribution in [3.8, 4) is 0 Å². The number of esters is 2. The predicted molar refractivity (Wildman–Crippen MR) is 206 cm³/mol. The molecule has 0 aliphatic carbocycles. The van der Waals surface area contributed by atoms with Gasteiger partial charge in [-0.25, -0.2) is 28.0 Å². The maximum absolute atomic E-state index is 15.8. The summed E-state index contributed by atoms with van der Waals surface area (Å²) in [5.74, 6) is -2.01. The summed E-state index contributed by atoms with van der Waals surface area (Å²) in [6.07, 6.45) is -7.94. The van der Waals surface area contributed by atoms with E-state index in [4.69, 9.17) is 49.4 Å². The molecular formula is C38H56F2N6O14. The molecule has 4 rings (SSSR count). The van der Waals surface area contributed by atoms with Crippen LogP contribution in [0.1, 0.15) is 81.7 Å². The summed E-state index contributed by atoms with van der Waals surface area (Å²) in [5.41, 5.74) is 4.58. The number of rotatable bonds is 14. The first-order chi connectivity index (χ1) is 27.9. The van der Waals surface area contributed by atoms with Crippen molar-refractivity contribution in [3.63, 3.8) is 0 Å². The molecule has 0 aromatic carbocycles. The van der Waals surface area contributed by atoms with Gasteiger partial charge in [-0.3, -0.25) is 18.7 Å². The third-order valence-electron chi connectivity index (χ3n) is 8.80. The van der Waals surface area contributed by atoms with Gasteiger partial charge in [0.25, 0.3) is 0 Å². The number of alkyl halides is 2. The minimum atomic E-state index is -2.41. The Morgan fingerprint density at radius 1 is 0.667 bits per heavy atom. The summed E-state index contributed by atoms with van der Waals surface area (Å²) in [6.45, 7) is 15.4. The van der Waals surface area contributed by atoms with Crippen molar-refractivity contribution in [2.75, 3.05) is 37.9 Å². The zero-order chi connectivity index (χ0) is 45.3. The molecule has 2 aliphatic heterocycles. The molecule has 4 N–H and O–H groups in total. The summed E-state index contributed by atoms with van der Waals surface area (Å²) in [5, 5.41) is 0. The van der Waals surface area contributed by atoms with Crippen molar-refractivity contribution in [2.45, 2.75) is 117 Å². The first kappa shape index (κ1) is 49.0. The third kappa shape index (κ3) is 12.8. The molecule has 0 bridgehead atoms. The molecule has 60 heavy (non-hydrogen) atoms. The SMILES string of the molecule is CC(C)C(=O)OC[C@H]1OC(n2ccc(N)nc2=O)[C@](C)(F)C1OC(=O)C(C)C.CC(C)COC(=O)OC[C@H]1OC(n2ccc(N)nc2=O)[C@](C)(F)C1OC(=O)OCC(C)C. The Bertz CT molecular complexity index is 1920. The topological polar surface area (TPSA) is 264 Å². The highest BCUT2D eigenvalue weighted by Crippen LogP contribution is 2.44. The Morgan fingerprint density at radius 2 is 1.07 bits per heavy atom. The van der Waals surface area contributed by atoms with Crippen LogP contribution in [-0.4, -0.2) is 106 Å². The molecule has 2 saturated heterocycles. The second kappa shape index (κ2) is 20.7. The molecule has 4 heterocycles. The van der Waals surface area contributed by atoms with Crippen LogP contribution in [0.4, 0.5) is 30.0 Å². The van der Waals surface area contributed by atoms with Crippen molar-refractivity contribution in [2.24, 2.45) is 23.7 Å². The fraction of sp³-hybridized carbons (Fsp3) is 0.684. The lowest BCUT2D eigenvalue weighted by Crippen LogP contribution is -2.46. The Morgan fingerprint density at radius 3 is 1.47 bits per heavy atom. The second-order valence-electron chi connectivity index (χ2n) is 16.0. The Hall–Kier alpha value is -5.38. The van der Waals surface area contributed by atoms with Gasteiger partial charge in [-0.15, -0.1) is 0 Å². The van der Waals surface area contributed by atoms with E-state index in [1.54, 1.807) is 27.7 Å². The standard InChI is InChI=1S/C20H30FN3O8.C18H26FN3O6/c1-11(2)8-28-18(26)30-10-13-15(32-19(27)29-9-12(3)4)20(5,21)16(31-13)24-7-6-14(22)23-17(24)25;1-9(2)14(23)26-8-11-13(28-15(24)10(3)4)18(5,19)16(27-11)22-7-6-12(20)21-17(22)25/h6-7,11-13,15-16H,8-10H2,1-5H3,(H2,22,23,25);6-7,9-11,13,16H,8H2,1-5H3,(H2,20,21,25)/t13-,15?,16?,20-;11-,13?,16?,18-/m11/s1. The van der Waals surface area contributed by atoms with Crippen LogP contribution in [0.2, 0.25) is 0 Å². The molecule has 2 fully saturated rings. The zero-order valence-electron chi connectivity index (χ0n) is 35.3. The summed E-state index contributed by atoms with van der Waals surface area (Å²) in [7, 11) is 0. The van der Waals surface area contributed by atoms with Gasteiger partial charge in [0.2, 0.25) is 0 Å². The summed E-state index contributed by atoms with van der Waals surface area (Å²) < 4.78 is 75.2. The Labute approximate surface area is 345 Å². The van der Waals surface area contributed by atoms with Crippen molar-refractivity contribution in [3.05, 3.63) is 45.5 Å². The number of nitrogens with two attached hydrogens (primary N) is 2. The molecule has 2 aromatic rings. The number of aromatic nitrogens is 4. The van der Waals surface area contributed by atoms with Crippen LogP contribution in [0.3, 0.4) is 0 Å². The highest BCUT2D eigenvalue weighted by molar-refractivity contribution is 5.72. The number of halogens is 2. The van der Waals surface area contributed by atoms with Crippen molar-refractivity contribution in [1.82, 2.24) is 19.1 Å². The minimum Gasteiger partial charge on any atom is -0.463 e. The van der Waals surface area contributed by atoms with Gasteiger partial charge in [0.15, 0.2) is 36.0 Å². The molecule has 0 radical (unpaired) electrons. The highest BCUT2D eigenvalue weighted by Gasteiger charge is 2.60. The van der Waals surface area contributed by atoms with Gasteiger partial charge < -0.3 is 49.4 Å². The summed E-state index contributed by atoms with van der Waals surface area (Å²) >= 11 is 0. The first-order valence-corrected chi connectivity index (χ1v) is 19.2. The van der Waals surface area contributed by atoms with Gasteiger partial charge in [-0.2, -0.15) is 9.97 Å². The van der Waals surface area contributed by atoms with Crippen LogP contribution in [-0.2, 0) is 47.5 Å². The molecular weight excluding hydrogens is 802 g/mol. The number of nitrogens with zero attached hydrogens (tertiary/aromatic N) is 4. The van der Waals surface area contributed by atoms with Gasteiger partial charge >= 0.3 is 35.6 Å². The van der Waals surface area contributed by atoms with Crippen LogP contribution in [0.5, 0.6) is 0 Å². The lowest BCUT2D eigenvalue weighted by atomic mass is 9.98. The molecule has 20 nitrogen and oxygen atoms in total. The van der Waals surface area contributed by atoms with E-state index in [1.165, 1.54) is 24.5 Å². The van der Waals surface area contributed by atoms with Gasteiger partial charge in [-0.1, -0.05) is 55.4 Å². The normalized spacial score (nSPS) is 26.1. The van der Waals surface area contributed by atoms with E-state index >= 15 is 8.78 Å². The number of nitrogen functional groups attached to an aromatic ring is 2. The van der Waals surface area contributed by atoms with Crippen molar-refractivity contribution < 1.29 is 65.9 Å². The molecule has 0 amide bonds. The minimum absolute atomic E-state index is 0.0231. The maximum atomic E-state index is 15.8. The molecule has 0 spiro atoms. The fourth-order valence-corrected chi connectivity index (χ4v) is 5.66. The van der Waals surface area contributed by atoms with Crippen LogP contribution in [0.25, 0.3) is 0 Å². The number of ether oxygens (including phenoxy) is 8. The molecule has 4 unspecified atom stereocenters. The fourth-order valence-electron chi connectivity index (χ4n) is 5.66. The quantitative estimate of drug-likeness (QED) is 0.203. The van der Waals surface area contributed by atoms with E-state index in [2.05, 4.69) is 9.97 Å². The van der Waals surface area contributed by atoms with Crippen molar-refractivity contribution >= 4 is 35.9 Å². The summed E-state index contributed by atoms with van der Waals surface area (Å²) in [6, 6.07) is 2.61. The zero-order valence-corrected chi connectivity index (χ0v) is 35.3. The van der Waals surface area contributed by atoms with E-state index in [-0.39, 0.29) is 43.3 Å². The lowest BCUT2D eigenvalue weighted by Gasteiger charge is -2.28. The average molecular weight is 859 g/mol. The first-order valence-electron chi connectivity index (χ1n) is 19.2. The molecule has 2 aromatic heterocycles. The van der Waals surface area contributed by atoms with Gasteiger partial charge in [-0.05, 0) is 37.8 Å². The maximum Gasteiger partial charge on any atom is 0.508 e. The van der Waals surface area contributed by atoms with E-state index in [0.29, 0.717) is 0 Å². The van der Waals surface area contributed by atoms with Gasteiger partial charge in [0, 0.05) is 12.4 Å². The number of hydrogen-bond donors (Lipinski definition) is 2. The Kier molecular flexibility index (Phi) is 16.9. The lowest BCUT2D eigenvalue weighted by molar-refractivity contribution is -0.165. The predicted octanol–water partition coefficient (Wildman–Crippen LogP) is 3.66. The molecule has 2 aliphatic rings. The number of anilines is 2. The van der Waals surface area contributed by atoms with E-state index in [0.717, 1.165) is 23.0 Å². The monoisotopic (exact) mass is 858 g/mol. The van der Waals surface area contributed by atoms with E-state index in [9.17, 15) is 28.8 Å². The third-order valence-corrected chi connectivity index (χ3v) is 8.80. The van der Waals surface area contributed by atoms with Gasteiger partial charge in [0.1, 0.15) is 37.1 Å². The highest BCUT2D eigenvalue weighted by atomic mass is 19.1. The number of carbonyl (C=O) groups is 4. The molecule has 8 atom stereocenters. The van der Waals surface area contributed by atoms with Crippen LogP contribution in [0, 0.1) is 23.7 Å². The molecule has 336 valence electrons. The Balaban J connectivity index is 0.000000323. The van der Waals surface area contributed by atoms with Crippen LogP contribution < -0.4 is 22.8 Å². The summed E-state index contributed by atoms with van der Waals surface area (Å²) in [4.78, 5) is 79.3. The molecule has 22 heteroatoms. The average Bonchev–Trinajstić information content (AvgIpc) is 3.54. The van der Waals surface area contributed by atoms with Gasteiger partial charge in [0.05, 0.1) is 25.0 Å².